The summed E-state index contributed by atoms with van der Waals surface area (Å²) in [4.78, 5) is 6.72. The molecule has 0 radical (unpaired) electrons. The summed E-state index contributed by atoms with van der Waals surface area (Å²) in [7, 11) is 0. The lowest BCUT2D eigenvalue weighted by Gasteiger charge is -2.31. The van der Waals surface area contributed by atoms with E-state index in [0.717, 1.165) is 18.0 Å². The molecule has 0 saturated heterocycles. The topological polar surface area (TPSA) is 59.5 Å². The van der Waals surface area contributed by atoms with E-state index in [1.807, 2.05) is 4.52 Å². The van der Waals surface area contributed by atoms with Gasteiger partial charge in [-0.3, -0.25) is 0 Å². The lowest BCUT2D eigenvalue weighted by atomic mass is 10.2. The molecule has 0 atom stereocenters. The van der Waals surface area contributed by atoms with Gasteiger partial charge in [-0.2, -0.15) is 9.61 Å². The monoisotopic (exact) mass is 259 g/mol. The van der Waals surface area contributed by atoms with Gasteiger partial charge in [0.25, 0.3) is 0 Å². The molecule has 0 bridgehead atoms. The second kappa shape index (κ2) is 5.17. The van der Waals surface area contributed by atoms with Crippen LogP contribution in [0.15, 0.2) is 18.5 Å². The van der Waals surface area contributed by atoms with Gasteiger partial charge in [0.05, 0.1) is 0 Å². The smallest absolute Gasteiger partial charge is 0.157 e. The van der Waals surface area contributed by atoms with E-state index in [1.54, 1.807) is 6.33 Å². The summed E-state index contributed by atoms with van der Waals surface area (Å²) in [6.07, 6.45) is 6.76. The lowest BCUT2D eigenvalue weighted by Crippen LogP contribution is -2.38. The predicted octanol–water partition coefficient (Wildman–Crippen LogP) is 1.75. The third-order valence-corrected chi connectivity index (χ3v) is 3.93. The second-order valence-corrected chi connectivity index (χ2v) is 5.34. The molecule has 0 unspecified atom stereocenters. The van der Waals surface area contributed by atoms with Crippen molar-refractivity contribution in [1.29, 1.82) is 0 Å². The molecule has 1 aliphatic carbocycles. The van der Waals surface area contributed by atoms with Crippen molar-refractivity contribution in [2.75, 3.05) is 18.0 Å². The first kappa shape index (κ1) is 12.4. The van der Waals surface area contributed by atoms with E-state index in [-0.39, 0.29) is 0 Å². The van der Waals surface area contributed by atoms with Gasteiger partial charge in [0.15, 0.2) is 5.65 Å². The first-order valence-electron chi connectivity index (χ1n) is 7.06. The number of fused-ring (bicyclic) bond motifs is 1. The molecule has 3 rings (SSSR count). The molecule has 2 aromatic rings. The normalized spacial score (nSPS) is 16.3. The summed E-state index contributed by atoms with van der Waals surface area (Å²) >= 11 is 0. The summed E-state index contributed by atoms with van der Waals surface area (Å²) in [5, 5.41) is 4.36. The highest BCUT2D eigenvalue weighted by atomic mass is 15.4. The van der Waals surface area contributed by atoms with E-state index >= 15 is 0 Å². The first-order valence-corrected chi connectivity index (χ1v) is 7.06. The molecule has 5 heteroatoms. The minimum atomic E-state index is 0.595. The molecule has 19 heavy (non-hydrogen) atoms. The number of hydrogen-bond acceptors (Lipinski definition) is 4. The zero-order chi connectivity index (χ0) is 13.2. The summed E-state index contributed by atoms with van der Waals surface area (Å²) < 4.78 is 1.93. The van der Waals surface area contributed by atoms with Crippen LogP contribution in [0.2, 0.25) is 0 Å². The Bertz CT molecular complexity index is 556. The molecule has 0 aliphatic heterocycles. The zero-order valence-electron chi connectivity index (χ0n) is 11.4. The van der Waals surface area contributed by atoms with Crippen molar-refractivity contribution in [3.05, 3.63) is 24.0 Å². The van der Waals surface area contributed by atoms with Gasteiger partial charge in [0.2, 0.25) is 0 Å². The van der Waals surface area contributed by atoms with Crippen molar-refractivity contribution in [2.24, 2.45) is 5.73 Å². The first-order chi connectivity index (χ1) is 9.29. The number of rotatable bonds is 4. The van der Waals surface area contributed by atoms with Crippen LogP contribution in [-0.2, 0) is 0 Å². The van der Waals surface area contributed by atoms with Gasteiger partial charge in [-0.1, -0.05) is 12.8 Å². The molecule has 0 spiro atoms. The fourth-order valence-electron chi connectivity index (χ4n) is 3.08. The van der Waals surface area contributed by atoms with Gasteiger partial charge in [-0.05, 0) is 37.5 Å². The van der Waals surface area contributed by atoms with Crippen molar-refractivity contribution < 1.29 is 0 Å². The highest BCUT2D eigenvalue weighted by molar-refractivity contribution is 5.53. The third kappa shape index (κ3) is 2.30. The summed E-state index contributed by atoms with van der Waals surface area (Å²) in [5.74, 6) is 1.13. The van der Waals surface area contributed by atoms with E-state index in [9.17, 15) is 0 Å². The maximum Gasteiger partial charge on any atom is 0.157 e. The van der Waals surface area contributed by atoms with E-state index in [2.05, 4.69) is 34.0 Å². The molecular weight excluding hydrogens is 238 g/mol. The number of nitrogens with two attached hydrogens (primary N) is 1. The average Bonchev–Trinajstić information content (AvgIpc) is 3.05. The third-order valence-electron chi connectivity index (χ3n) is 3.93. The van der Waals surface area contributed by atoms with E-state index < -0.39 is 0 Å². The Hall–Kier alpha value is -1.62. The molecule has 2 N–H and O–H groups in total. The Morgan fingerprint density at radius 1 is 1.37 bits per heavy atom. The van der Waals surface area contributed by atoms with Crippen LogP contribution in [0.5, 0.6) is 0 Å². The van der Waals surface area contributed by atoms with E-state index in [0.29, 0.717) is 12.6 Å². The molecule has 1 saturated carbocycles. The van der Waals surface area contributed by atoms with Crippen LogP contribution >= 0.6 is 0 Å². The number of aryl methyl sites for hydroxylation is 1. The number of pyridine rings is 1. The molecular formula is C14H21N5. The van der Waals surface area contributed by atoms with Crippen molar-refractivity contribution >= 4 is 11.5 Å². The lowest BCUT2D eigenvalue weighted by molar-refractivity contribution is 0.595. The Kier molecular flexibility index (Phi) is 3.38. The summed E-state index contributed by atoms with van der Waals surface area (Å²) in [5.41, 5.74) is 7.93. The fourth-order valence-corrected chi connectivity index (χ4v) is 3.08. The number of aromatic nitrogens is 3. The van der Waals surface area contributed by atoms with Crippen LogP contribution in [0.4, 0.5) is 5.82 Å². The van der Waals surface area contributed by atoms with Gasteiger partial charge in [-0.15, -0.1) is 0 Å². The fraction of sp³-hybridized carbons (Fsp3) is 0.571. The molecule has 2 aromatic heterocycles. The standard InChI is InChI=1S/C14H21N5/c1-11-8-13-16-10-17-19(13)14(9-11)18(7-6-15)12-4-2-3-5-12/h8-10,12H,2-7,15H2,1H3. The number of anilines is 1. The van der Waals surface area contributed by atoms with Gasteiger partial charge in [0, 0.05) is 19.1 Å². The van der Waals surface area contributed by atoms with Crippen molar-refractivity contribution in [2.45, 2.75) is 38.6 Å². The summed E-state index contributed by atoms with van der Waals surface area (Å²) in [6, 6.07) is 4.85. The van der Waals surface area contributed by atoms with Gasteiger partial charge in [0.1, 0.15) is 12.1 Å². The summed E-state index contributed by atoms with van der Waals surface area (Å²) in [6.45, 7) is 3.65. The van der Waals surface area contributed by atoms with E-state index in [4.69, 9.17) is 5.73 Å². The van der Waals surface area contributed by atoms with Gasteiger partial charge in [-0.25, -0.2) is 4.98 Å². The van der Waals surface area contributed by atoms with Gasteiger partial charge >= 0.3 is 0 Å². The highest BCUT2D eigenvalue weighted by Gasteiger charge is 2.24. The maximum atomic E-state index is 5.80. The van der Waals surface area contributed by atoms with Crippen molar-refractivity contribution in [3.8, 4) is 0 Å². The molecule has 1 fully saturated rings. The largest absolute Gasteiger partial charge is 0.352 e. The minimum Gasteiger partial charge on any atom is -0.352 e. The Morgan fingerprint density at radius 3 is 2.89 bits per heavy atom. The highest BCUT2D eigenvalue weighted by Crippen LogP contribution is 2.28. The molecule has 2 heterocycles. The van der Waals surface area contributed by atoms with Crippen LogP contribution < -0.4 is 10.6 Å². The Balaban J connectivity index is 2.05. The quantitative estimate of drug-likeness (QED) is 0.908. The molecule has 0 aromatic carbocycles. The van der Waals surface area contributed by atoms with Crippen molar-refractivity contribution in [1.82, 2.24) is 14.6 Å². The van der Waals surface area contributed by atoms with E-state index in [1.165, 1.54) is 31.2 Å². The SMILES string of the molecule is Cc1cc(N(CCN)C2CCCC2)n2ncnc2c1. The van der Waals surface area contributed by atoms with Crippen LogP contribution in [0.25, 0.3) is 5.65 Å². The van der Waals surface area contributed by atoms with Crippen molar-refractivity contribution in [3.63, 3.8) is 0 Å². The molecule has 1 aliphatic rings. The molecule has 102 valence electrons. The Morgan fingerprint density at radius 2 is 2.16 bits per heavy atom. The van der Waals surface area contributed by atoms with Crippen LogP contribution in [0.1, 0.15) is 31.2 Å². The van der Waals surface area contributed by atoms with Gasteiger partial charge < -0.3 is 10.6 Å². The molecule has 5 nitrogen and oxygen atoms in total. The second-order valence-electron chi connectivity index (χ2n) is 5.34. The predicted molar refractivity (Wildman–Crippen MR) is 76.4 cm³/mol. The Labute approximate surface area is 113 Å². The number of nitrogens with zero attached hydrogens (tertiary/aromatic N) is 4. The minimum absolute atomic E-state index is 0.595. The number of hydrogen-bond donors (Lipinski definition) is 1. The van der Waals surface area contributed by atoms with Crippen LogP contribution in [-0.4, -0.2) is 33.7 Å². The van der Waals surface area contributed by atoms with Crippen LogP contribution in [0.3, 0.4) is 0 Å². The maximum absolute atomic E-state index is 5.80. The molecule has 0 amide bonds. The average molecular weight is 259 g/mol. The van der Waals surface area contributed by atoms with Crippen LogP contribution in [0, 0.1) is 6.92 Å². The zero-order valence-corrected chi connectivity index (χ0v) is 11.4.